The van der Waals surface area contributed by atoms with Crippen LogP contribution in [0.15, 0.2) is 4.99 Å². The first kappa shape index (κ1) is 21.7. The zero-order chi connectivity index (χ0) is 18.2. The van der Waals surface area contributed by atoms with Crippen LogP contribution in [-0.4, -0.2) is 50.8 Å². The molecule has 0 aromatic carbocycles. The Morgan fingerprint density at radius 2 is 1.84 bits per heavy atom. The molecule has 1 fully saturated rings. The second kappa shape index (κ2) is 15.0. The van der Waals surface area contributed by atoms with Crippen LogP contribution in [0.3, 0.4) is 0 Å². The number of amides is 1. The van der Waals surface area contributed by atoms with Crippen molar-refractivity contribution in [2.75, 3.05) is 32.8 Å². The van der Waals surface area contributed by atoms with Crippen LogP contribution in [-0.2, 0) is 9.53 Å². The normalized spacial score (nSPS) is 15.8. The van der Waals surface area contributed by atoms with E-state index in [0.29, 0.717) is 19.0 Å². The topological polar surface area (TPSA) is 74.8 Å². The quantitative estimate of drug-likeness (QED) is 0.286. The van der Waals surface area contributed by atoms with Gasteiger partial charge in [-0.1, -0.05) is 32.6 Å². The minimum Gasteiger partial charge on any atom is -0.381 e. The lowest BCUT2D eigenvalue weighted by molar-refractivity contribution is -0.121. The van der Waals surface area contributed by atoms with Crippen molar-refractivity contribution in [1.29, 1.82) is 0 Å². The number of hydrogen-bond donors (Lipinski definition) is 3. The zero-order valence-electron chi connectivity index (χ0n) is 16.2. The van der Waals surface area contributed by atoms with Gasteiger partial charge in [0.2, 0.25) is 5.91 Å². The number of carbonyl (C=O) groups excluding carboxylic acids is 1. The largest absolute Gasteiger partial charge is 0.381 e. The highest BCUT2D eigenvalue weighted by Crippen LogP contribution is 2.17. The molecule has 0 aliphatic heterocycles. The van der Waals surface area contributed by atoms with Crippen molar-refractivity contribution in [1.82, 2.24) is 16.0 Å². The van der Waals surface area contributed by atoms with E-state index in [4.69, 9.17) is 4.74 Å². The predicted octanol–water partition coefficient (Wildman–Crippen LogP) is 2.59. The first-order chi connectivity index (χ1) is 12.3. The average Bonchev–Trinajstić information content (AvgIpc) is 2.61. The van der Waals surface area contributed by atoms with E-state index >= 15 is 0 Å². The smallest absolute Gasteiger partial charge is 0.221 e. The van der Waals surface area contributed by atoms with Crippen LogP contribution < -0.4 is 16.0 Å². The molecule has 0 radical (unpaired) electrons. The van der Waals surface area contributed by atoms with Crippen LogP contribution in [0.2, 0.25) is 0 Å². The standard InChI is InChI=1S/C19H38N4O2/c1-3-5-15-25-16-9-13-21-19(20-4-2)22-14-12-18(24)23-17-10-7-6-8-11-17/h17H,3-16H2,1-2H3,(H,23,24)(H2,20,21,22). The number of guanidine groups is 1. The Balaban J connectivity index is 2.13. The minimum atomic E-state index is 0.138. The molecular weight excluding hydrogens is 316 g/mol. The number of hydrogen-bond acceptors (Lipinski definition) is 3. The second-order valence-electron chi connectivity index (χ2n) is 6.66. The Labute approximate surface area is 153 Å². The molecule has 25 heavy (non-hydrogen) atoms. The van der Waals surface area contributed by atoms with Gasteiger partial charge in [0.1, 0.15) is 0 Å². The summed E-state index contributed by atoms with van der Waals surface area (Å²) in [7, 11) is 0. The van der Waals surface area contributed by atoms with Gasteiger partial charge in [-0.25, -0.2) is 0 Å². The molecule has 0 unspecified atom stereocenters. The van der Waals surface area contributed by atoms with Crippen molar-refractivity contribution in [3.05, 3.63) is 0 Å². The van der Waals surface area contributed by atoms with Crippen LogP contribution in [0.4, 0.5) is 0 Å². The van der Waals surface area contributed by atoms with Gasteiger partial charge in [-0.15, -0.1) is 0 Å². The van der Waals surface area contributed by atoms with E-state index in [-0.39, 0.29) is 5.91 Å². The number of rotatable bonds is 12. The van der Waals surface area contributed by atoms with Gasteiger partial charge in [-0.2, -0.15) is 0 Å². The van der Waals surface area contributed by atoms with Gasteiger partial charge < -0.3 is 20.7 Å². The van der Waals surface area contributed by atoms with Gasteiger partial charge in [0.25, 0.3) is 0 Å². The van der Waals surface area contributed by atoms with E-state index in [2.05, 4.69) is 27.9 Å². The highest BCUT2D eigenvalue weighted by atomic mass is 16.5. The summed E-state index contributed by atoms with van der Waals surface area (Å²) < 4.78 is 5.54. The molecule has 0 saturated heterocycles. The highest BCUT2D eigenvalue weighted by molar-refractivity contribution is 5.81. The van der Waals surface area contributed by atoms with E-state index < -0.39 is 0 Å². The molecular formula is C19H38N4O2. The number of unbranched alkanes of at least 4 members (excludes halogenated alkanes) is 1. The Morgan fingerprint density at radius 1 is 1.08 bits per heavy atom. The maximum Gasteiger partial charge on any atom is 0.221 e. The molecule has 0 aromatic rings. The number of ether oxygens (including phenoxy) is 1. The fraction of sp³-hybridized carbons (Fsp3) is 0.895. The van der Waals surface area contributed by atoms with Gasteiger partial charge in [0.05, 0.1) is 0 Å². The zero-order valence-corrected chi connectivity index (χ0v) is 16.2. The molecule has 146 valence electrons. The molecule has 1 aliphatic rings. The summed E-state index contributed by atoms with van der Waals surface area (Å²) in [5.41, 5.74) is 0. The van der Waals surface area contributed by atoms with Crippen molar-refractivity contribution in [3.8, 4) is 0 Å². The number of carbonyl (C=O) groups is 1. The van der Waals surface area contributed by atoms with E-state index in [1.165, 1.54) is 25.7 Å². The Bertz CT molecular complexity index is 368. The maximum atomic E-state index is 12.0. The highest BCUT2D eigenvalue weighted by Gasteiger charge is 2.15. The lowest BCUT2D eigenvalue weighted by Crippen LogP contribution is -2.41. The molecule has 1 amide bonds. The Hall–Kier alpha value is -1.30. The van der Waals surface area contributed by atoms with Crippen molar-refractivity contribution < 1.29 is 9.53 Å². The summed E-state index contributed by atoms with van der Waals surface area (Å²) in [6.45, 7) is 7.96. The first-order valence-electron chi connectivity index (χ1n) is 10.2. The average molecular weight is 355 g/mol. The van der Waals surface area contributed by atoms with Gasteiger partial charge in [0, 0.05) is 45.3 Å². The van der Waals surface area contributed by atoms with Crippen molar-refractivity contribution in [2.45, 2.75) is 77.7 Å². The van der Waals surface area contributed by atoms with E-state index in [9.17, 15) is 4.79 Å². The second-order valence-corrected chi connectivity index (χ2v) is 6.66. The third-order valence-corrected chi connectivity index (χ3v) is 4.32. The number of aliphatic imine (C=N–C) groups is 1. The molecule has 0 bridgehead atoms. The molecule has 1 aliphatic carbocycles. The Kier molecular flexibility index (Phi) is 13.0. The Morgan fingerprint density at radius 3 is 2.56 bits per heavy atom. The summed E-state index contributed by atoms with van der Waals surface area (Å²) in [6.07, 6.45) is 9.74. The van der Waals surface area contributed by atoms with Gasteiger partial charge >= 0.3 is 0 Å². The molecule has 0 atom stereocenters. The van der Waals surface area contributed by atoms with Gasteiger partial charge in [-0.3, -0.25) is 9.79 Å². The third kappa shape index (κ3) is 11.8. The lowest BCUT2D eigenvalue weighted by Gasteiger charge is -2.22. The number of nitrogens with one attached hydrogen (secondary N) is 3. The SMILES string of the molecule is CCCCOCCCN=C(NCC)NCCC(=O)NC1CCCCC1. The molecule has 0 heterocycles. The molecule has 0 aromatic heterocycles. The molecule has 0 spiro atoms. The van der Waals surface area contributed by atoms with Crippen LogP contribution in [0.25, 0.3) is 0 Å². The van der Waals surface area contributed by atoms with Crippen molar-refractivity contribution >= 4 is 11.9 Å². The van der Waals surface area contributed by atoms with E-state index in [1.54, 1.807) is 0 Å². The summed E-state index contributed by atoms with van der Waals surface area (Å²) in [4.78, 5) is 16.5. The van der Waals surface area contributed by atoms with Crippen LogP contribution in [0.5, 0.6) is 0 Å². The van der Waals surface area contributed by atoms with Gasteiger partial charge in [-0.05, 0) is 32.6 Å². The lowest BCUT2D eigenvalue weighted by atomic mass is 9.95. The molecule has 1 rings (SSSR count). The third-order valence-electron chi connectivity index (χ3n) is 4.32. The molecule has 1 saturated carbocycles. The fourth-order valence-corrected chi connectivity index (χ4v) is 2.89. The van der Waals surface area contributed by atoms with E-state index in [0.717, 1.165) is 57.9 Å². The summed E-state index contributed by atoms with van der Waals surface area (Å²) >= 11 is 0. The summed E-state index contributed by atoms with van der Waals surface area (Å²) in [6, 6.07) is 0.385. The van der Waals surface area contributed by atoms with Crippen molar-refractivity contribution in [2.24, 2.45) is 4.99 Å². The van der Waals surface area contributed by atoms with Crippen LogP contribution in [0, 0.1) is 0 Å². The maximum absolute atomic E-state index is 12.0. The first-order valence-corrected chi connectivity index (χ1v) is 10.2. The molecule has 3 N–H and O–H groups in total. The summed E-state index contributed by atoms with van der Waals surface area (Å²) in [5.74, 6) is 0.918. The van der Waals surface area contributed by atoms with Gasteiger partial charge in [0.15, 0.2) is 5.96 Å². The fourth-order valence-electron chi connectivity index (χ4n) is 2.89. The summed E-state index contributed by atoms with van der Waals surface area (Å²) in [5, 5.41) is 9.60. The van der Waals surface area contributed by atoms with Crippen LogP contribution >= 0.6 is 0 Å². The molecule has 6 nitrogen and oxygen atoms in total. The van der Waals surface area contributed by atoms with E-state index in [1.807, 2.05) is 6.92 Å². The minimum absolute atomic E-state index is 0.138. The predicted molar refractivity (Wildman–Crippen MR) is 104 cm³/mol. The van der Waals surface area contributed by atoms with Crippen LogP contribution in [0.1, 0.15) is 71.6 Å². The number of nitrogens with zero attached hydrogens (tertiary/aromatic N) is 1. The van der Waals surface area contributed by atoms with Crippen molar-refractivity contribution in [3.63, 3.8) is 0 Å². The molecule has 6 heteroatoms. The monoisotopic (exact) mass is 354 g/mol.